The maximum atomic E-state index is 5.42. The summed E-state index contributed by atoms with van der Waals surface area (Å²) in [6, 6.07) is 30.0. The average Bonchev–Trinajstić information content (AvgIpc) is 2.67. The van der Waals surface area contributed by atoms with E-state index >= 15 is 0 Å². The topological polar surface area (TPSA) is 9.23 Å². The first kappa shape index (κ1) is 16.3. The first-order valence-corrected chi connectivity index (χ1v) is 8.57. The monoisotopic (exact) mass is 316 g/mol. The van der Waals surface area contributed by atoms with Gasteiger partial charge in [-0.3, -0.25) is 0 Å². The van der Waals surface area contributed by atoms with Crippen LogP contribution < -0.4 is 4.74 Å². The molecule has 3 aromatic rings. The third-order valence-corrected chi connectivity index (χ3v) is 4.51. The van der Waals surface area contributed by atoms with E-state index in [0.717, 1.165) is 25.0 Å². The molecule has 3 rings (SSSR count). The fourth-order valence-electron chi connectivity index (χ4n) is 3.17. The lowest BCUT2D eigenvalue weighted by Gasteiger charge is -2.18. The van der Waals surface area contributed by atoms with Gasteiger partial charge in [-0.15, -0.1) is 0 Å². The molecule has 24 heavy (non-hydrogen) atoms. The van der Waals surface area contributed by atoms with Gasteiger partial charge in [-0.25, -0.2) is 0 Å². The fourth-order valence-corrected chi connectivity index (χ4v) is 3.17. The zero-order valence-electron chi connectivity index (χ0n) is 14.2. The van der Waals surface area contributed by atoms with Crippen molar-refractivity contribution in [2.45, 2.75) is 25.2 Å². The summed E-state index contributed by atoms with van der Waals surface area (Å²) in [5.74, 6) is 1.42. The highest BCUT2D eigenvalue weighted by Crippen LogP contribution is 2.28. The van der Waals surface area contributed by atoms with Crippen LogP contribution in [0.3, 0.4) is 0 Å². The molecule has 1 nitrogen and oxygen atoms in total. The molecule has 0 fully saturated rings. The second-order valence-electron chi connectivity index (χ2n) is 6.19. The van der Waals surface area contributed by atoms with Gasteiger partial charge in [-0.2, -0.15) is 0 Å². The molecule has 0 aliphatic rings. The lowest BCUT2D eigenvalue weighted by molar-refractivity contribution is 0.413. The standard InChI is InChI=1S/C23H24O/c1-24-23-14-8-13-21(18-23)22(17-20-11-6-3-7-12-20)16-15-19-9-4-2-5-10-19/h2-14,18,22H,15-17H2,1H3/t22-/m1/s1. The molecule has 0 spiro atoms. The Bertz CT molecular complexity index is 734. The van der Waals surface area contributed by atoms with Crippen molar-refractivity contribution in [2.75, 3.05) is 7.11 Å². The Kier molecular flexibility index (Phi) is 5.68. The van der Waals surface area contributed by atoms with E-state index in [2.05, 4.69) is 78.9 Å². The van der Waals surface area contributed by atoms with Crippen LogP contribution in [-0.4, -0.2) is 7.11 Å². The minimum Gasteiger partial charge on any atom is -0.497 e. The molecule has 0 aromatic heterocycles. The van der Waals surface area contributed by atoms with Crippen molar-refractivity contribution < 1.29 is 4.74 Å². The minimum atomic E-state index is 0.489. The molecule has 0 heterocycles. The SMILES string of the molecule is COc1cccc([C@H](CCc2ccccc2)Cc2ccccc2)c1. The van der Waals surface area contributed by atoms with Crippen LogP contribution in [0, 0.1) is 0 Å². The number of methoxy groups -OCH3 is 1. The Labute approximate surface area is 144 Å². The van der Waals surface area contributed by atoms with Crippen molar-refractivity contribution in [3.05, 3.63) is 102 Å². The molecule has 0 aliphatic carbocycles. The Morgan fingerprint density at radius 3 is 2.08 bits per heavy atom. The van der Waals surface area contributed by atoms with Gasteiger partial charge in [0.05, 0.1) is 7.11 Å². The number of ether oxygens (including phenoxy) is 1. The molecule has 0 saturated heterocycles. The van der Waals surface area contributed by atoms with E-state index in [0.29, 0.717) is 5.92 Å². The van der Waals surface area contributed by atoms with Crippen molar-refractivity contribution in [1.29, 1.82) is 0 Å². The lowest BCUT2D eigenvalue weighted by atomic mass is 9.87. The van der Waals surface area contributed by atoms with Gasteiger partial charge in [-0.05, 0) is 54.0 Å². The maximum absolute atomic E-state index is 5.42. The van der Waals surface area contributed by atoms with E-state index in [4.69, 9.17) is 4.74 Å². The van der Waals surface area contributed by atoms with Crippen LogP contribution in [0.2, 0.25) is 0 Å². The molecule has 3 aromatic carbocycles. The molecule has 0 saturated carbocycles. The van der Waals surface area contributed by atoms with Crippen LogP contribution in [0.25, 0.3) is 0 Å². The van der Waals surface area contributed by atoms with Crippen molar-refractivity contribution in [3.63, 3.8) is 0 Å². The first-order chi connectivity index (χ1) is 11.8. The Balaban J connectivity index is 1.79. The van der Waals surface area contributed by atoms with Gasteiger partial charge in [0, 0.05) is 0 Å². The molecule has 0 radical (unpaired) electrons. The van der Waals surface area contributed by atoms with Crippen LogP contribution >= 0.6 is 0 Å². The molecule has 122 valence electrons. The average molecular weight is 316 g/mol. The Hall–Kier alpha value is -2.54. The van der Waals surface area contributed by atoms with Crippen molar-refractivity contribution >= 4 is 0 Å². The predicted molar refractivity (Wildman–Crippen MR) is 101 cm³/mol. The smallest absolute Gasteiger partial charge is 0.119 e. The fraction of sp³-hybridized carbons (Fsp3) is 0.217. The highest BCUT2D eigenvalue weighted by molar-refractivity contribution is 5.32. The molecular weight excluding hydrogens is 292 g/mol. The summed E-state index contributed by atoms with van der Waals surface area (Å²) in [6.07, 6.45) is 3.28. The van der Waals surface area contributed by atoms with Gasteiger partial charge in [0.25, 0.3) is 0 Å². The first-order valence-electron chi connectivity index (χ1n) is 8.57. The third-order valence-electron chi connectivity index (χ3n) is 4.51. The number of aryl methyl sites for hydroxylation is 1. The highest BCUT2D eigenvalue weighted by Gasteiger charge is 2.13. The van der Waals surface area contributed by atoms with Crippen molar-refractivity contribution in [2.24, 2.45) is 0 Å². The summed E-state index contributed by atoms with van der Waals surface area (Å²) < 4.78 is 5.42. The largest absolute Gasteiger partial charge is 0.497 e. The van der Waals surface area contributed by atoms with Crippen LogP contribution in [0.5, 0.6) is 5.75 Å². The van der Waals surface area contributed by atoms with E-state index in [1.807, 2.05) is 6.07 Å². The molecule has 0 amide bonds. The van der Waals surface area contributed by atoms with Gasteiger partial charge < -0.3 is 4.74 Å². The highest BCUT2D eigenvalue weighted by atomic mass is 16.5. The van der Waals surface area contributed by atoms with Gasteiger partial charge in [0.2, 0.25) is 0 Å². The van der Waals surface area contributed by atoms with Gasteiger partial charge >= 0.3 is 0 Å². The molecule has 1 atom stereocenters. The quantitative estimate of drug-likeness (QED) is 0.547. The Morgan fingerprint density at radius 2 is 1.42 bits per heavy atom. The molecule has 0 aliphatic heterocycles. The van der Waals surface area contributed by atoms with Crippen molar-refractivity contribution in [3.8, 4) is 5.75 Å². The summed E-state index contributed by atoms with van der Waals surface area (Å²) in [7, 11) is 1.73. The minimum absolute atomic E-state index is 0.489. The third kappa shape index (κ3) is 4.48. The summed E-state index contributed by atoms with van der Waals surface area (Å²) in [5, 5.41) is 0. The molecule has 0 N–H and O–H groups in total. The molecular formula is C23H24O. The number of hydrogen-bond donors (Lipinski definition) is 0. The van der Waals surface area contributed by atoms with E-state index in [1.54, 1.807) is 7.11 Å². The maximum Gasteiger partial charge on any atom is 0.119 e. The number of hydrogen-bond acceptors (Lipinski definition) is 1. The van der Waals surface area contributed by atoms with Gasteiger partial charge in [-0.1, -0.05) is 72.8 Å². The lowest BCUT2D eigenvalue weighted by Crippen LogP contribution is -2.05. The second-order valence-corrected chi connectivity index (χ2v) is 6.19. The van der Waals surface area contributed by atoms with E-state index in [-0.39, 0.29) is 0 Å². The van der Waals surface area contributed by atoms with Crippen LogP contribution in [-0.2, 0) is 12.8 Å². The van der Waals surface area contributed by atoms with E-state index in [9.17, 15) is 0 Å². The summed E-state index contributed by atoms with van der Waals surface area (Å²) in [4.78, 5) is 0. The zero-order valence-corrected chi connectivity index (χ0v) is 14.2. The number of benzene rings is 3. The second kappa shape index (κ2) is 8.35. The number of rotatable bonds is 7. The molecule has 0 unspecified atom stereocenters. The van der Waals surface area contributed by atoms with E-state index in [1.165, 1.54) is 16.7 Å². The van der Waals surface area contributed by atoms with Crippen LogP contribution in [0.4, 0.5) is 0 Å². The van der Waals surface area contributed by atoms with E-state index < -0.39 is 0 Å². The normalized spacial score (nSPS) is 11.9. The van der Waals surface area contributed by atoms with Crippen LogP contribution in [0.15, 0.2) is 84.9 Å². The van der Waals surface area contributed by atoms with Crippen LogP contribution in [0.1, 0.15) is 29.0 Å². The summed E-state index contributed by atoms with van der Waals surface area (Å²) in [5.41, 5.74) is 4.14. The van der Waals surface area contributed by atoms with Gasteiger partial charge in [0.1, 0.15) is 5.75 Å². The van der Waals surface area contributed by atoms with Crippen molar-refractivity contribution in [1.82, 2.24) is 0 Å². The summed E-state index contributed by atoms with van der Waals surface area (Å²) >= 11 is 0. The Morgan fingerprint density at radius 1 is 0.750 bits per heavy atom. The summed E-state index contributed by atoms with van der Waals surface area (Å²) in [6.45, 7) is 0. The van der Waals surface area contributed by atoms with Gasteiger partial charge in [0.15, 0.2) is 0 Å². The zero-order chi connectivity index (χ0) is 16.6. The predicted octanol–water partition coefficient (Wildman–Crippen LogP) is 5.65. The molecule has 1 heteroatoms. The molecule has 0 bridgehead atoms.